The summed E-state index contributed by atoms with van der Waals surface area (Å²) < 4.78 is 18.9. The number of esters is 1. The number of aryl methyl sites for hydroxylation is 1. The smallest absolute Gasteiger partial charge is 0.325 e. The van der Waals surface area contributed by atoms with E-state index in [0.29, 0.717) is 61.0 Å². The van der Waals surface area contributed by atoms with Crippen LogP contribution < -0.4 is 30.6 Å². The van der Waals surface area contributed by atoms with Gasteiger partial charge in [0.1, 0.15) is 30.7 Å². The first-order valence-corrected chi connectivity index (χ1v) is 24.1. The van der Waals surface area contributed by atoms with Crippen LogP contribution in [-0.2, 0) is 58.8 Å². The van der Waals surface area contributed by atoms with Crippen LogP contribution in [0.4, 0.5) is 10.5 Å². The molecule has 69 heavy (non-hydrogen) atoms. The molecule has 0 saturated carbocycles. The molecule has 4 aromatic rings. The molecule has 5 amide bonds. The fourth-order valence-corrected chi connectivity index (χ4v) is 10.5. The summed E-state index contributed by atoms with van der Waals surface area (Å²) in [6.07, 6.45) is 6.23. The summed E-state index contributed by atoms with van der Waals surface area (Å²) in [5.74, 6) is 0.691. The van der Waals surface area contributed by atoms with Crippen LogP contribution in [0.5, 0.6) is 11.5 Å². The molecule has 0 bridgehead atoms. The van der Waals surface area contributed by atoms with E-state index in [2.05, 4.69) is 31.4 Å². The van der Waals surface area contributed by atoms with E-state index in [9.17, 15) is 28.8 Å². The fourth-order valence-electron chi connectivity index (χ4n) is 10.5. The number of anilines is 1. The van der Waals surface area contributed by atoms with Crippen LogP contribution in [0.15, 0.2) is 71.7 Å². The van der Waals surface area contributed by atoms with Gasteiger partial charge in [-0.15, -0.1) is 0 Å². The van der Waals surface area contributed by atoms with E-state index < -0.39 is 18.0 Å². The van der Waals surface area contributed by atoms with Gasteiger partial charge < -0.3 is 43.7 Å². The predicted octanol–water partition coefficient (Wildman–Crippen LogP) is 4.07. The number of benzene rings is 3. The van der Waals surface area contributed by atoms with Gasteiger partial charge in [-0.25, -0.2) is 4.79 Å². The zero-order valence-corrected chi connectivity index (χ0v) is 39.8. The third kappa shape index (κ3) is 10.5. The highest BCUT2D eigenvalue weighted by molar-refractivity contribution is 6.05. The maximum atomic E-state index is 13.5. The molecule has 1 atom stereocenters. The van der Waals surface area contributed by atoms with Crippen molar-refractivity contribution in [3.05, 3.63) is 111 Å². The van der Waals surface area contributed by atoms with E-state index in [1.807, 2.05) is 60.8 Å². The zero-order valence-electron chi connectivity index (χ0n) is 39.8. The number of carbonyl (C=O) groups is 5. The van der Waals surface area contributed by atoms with Crippen LogP contribution in [0.25, 0.3) is 11.1 Å². The van der Waals surface area contributed by atoms with E-state index in [-0.39, 0.29) is 49.4 Å². The number of hydrogen-bond acceptors (Lipinski definition) is 12. The summed E-state index contributed by atoms with van der Waals surface area (Å²) in [4.78, 5) is 87.2. The van der Waals surface area contributed by atoms with Gasteiger partial charge in [0.2, 0.25) is 11.8 Å². The van der Waals surface area contributed by atoms with E-state index in [1.165, 1.54) is 0 Å². The minimum Gasteiger partial charge on any atom is -0.496 e. The predicted molar refractivity (Wildman–Crippen MR) is 258 cm³/mol. The van der Waals surface area contributed by atoms with Gasteiger partial charge in [0.25, 0.3) is 11.5 Å². The first kappa shape index (κ1) is 47.4. The Bertz CT molecular complexity index is 2630. The molecule has 3 saturated heterocycles. The Hall–Kier alpha value is -6.72. The van der Waals surface area contributed by atoms with Gasteiger partial charge in [-0.1, -0.05) is 36.4 Å². The number of imide groups is 1. The van der Waals surface area contributed by atoms with Crippen molar-refractivity contribution in [2.75, 3.05) is 78.0 Å². The van der Waals surface area contributed by atoms with E-state index >= 15 is 0 Å². The molecule has 1 aromatic heterocycles. The van der Waals surface area contributed by atoms with E-state index in [1.54, 1.807) is 35.6 Å². The fraction of sp³-hybridized carbons (Fsp3) is 0.462. The van der Waals surface area contributed by atoms with Crippen LogP contribution in [0.2, 0.25) is 0 Å². The van der Waals surface area contributed by atoms with Crippen LogP contribution >= 0.6 is 0 Å². The number of hydrogen-bond donors (Lipinski definition) is 2. The number of amides is 5. The Morgan fingerprint density at radius 2 is 1.51 bits per heavy atom. The second-order valence-corrected chi connectivity index (χ2v) is 18.8. The molecule has 17 heteroatoms. The maximum Gasteiger partial charge on any atom is 0.325 e. The van der Waals surface area contributed by atoms with Gasteiger partial charge in [-0.05, 0) is 91.1 Å². The average molecular weight is 943 g/mol. The number of nitrogens with zero attached hydrogens (tertiary/aromatic N) is 6. The molecule has 1 unspecified atom stereocenters. The number of urea groups is 1. The van der Waals surface area contributed by atoms with Crippen molar-refractivity contribution in [3.8, 4) is 22.6 Å². The number of carbonyl (C=O) groups excluding carboxylic acids is 5. The van der Waals surface area contributed by atoms with Gasteiger partial charge in [0, 0.05) is 101 Å². The third-order valence-corrected chi connectivity index (χ3v) is 14.6. The number of piperidine rings is 2. The molecule has 5 aliphatic heterocycles. The van der Waals surface area contributed by atoms with Crippen LogP contribution in [0.1, 0.15) is 70.3 Å². The molecular formula is C52H62N8O9. The first-order valence-electron chi connectivity index (χ1n) is 24.1. The molecule has 3 aromatic carbocycles. The van der Waals surface area contributed by atoms with Gasteiger partial charge in [-0.2, -0.15) is 0 Å². The number of pyridine rings is 1. The molecule has 3 fully saturated rings. The molecule has 0 radical (unpaired) electrons. The number of methoxy groups -OCH3 is 2. The van der Waals surface area contributed by atoms with Crippen molar-refractivity contribution in [2.24, 2.45) is 13.0 Å². The molecule has 0 aliphatic carbocycles. The van der Waals surface area contributed by atoms with Gasteiger partial charge in [-0.3, -0.25) is 34.2 Å². The standard InChI is InChI=1S/C52H62N8O9/c1-55-30-41(39-16-20-59(32-42(39)50(55)64)52(66)53-28-48(62)69-33-35-7-5-4-6-8-35)37-25-45(67-2)43(46(26-37)68-3)31-57-23-21-56(22-24-57)17-13-34-14-18-58(19-15-34)38-10-9-36-29-60(51(65)40(36)27-38)44-11-12-47(61)54-49(44)63/h4-10,25-27,30,34,44H,11-24,28-29,31-33H2,1-3H3,(H,53,66)(H,54,61,63). The molecule has 5 aliphatic rings. The summed E-state index contributed by atoms with van der Waals surface area (Å²) >= 11 is 0. The van der Waals surface area contributed by atoms with Crippen molar-refractivity contribution in [2.45, 2.75) is 70.8 Å². The van der Waals surface area contributed by atoms with Gasteiger partial charge in [0.15, 0.2) is 0 Å². The number of ether oxygens (including phenoxy) is 3. The number of fused-ring (bicyclic) bond motifs is 2. The zero-order chi connectivity index (χ0) is 48.2. The SMILES string of the molecule is COc1cc(-c2cn(C)c(=O)c3c2CCN(C(=O)NCC(=O)OCc2ccccc2)C3)cc(OC)c1CN1CCN(CCC2CCN(c3ccc4c(c3)C(=O)N(C3CCC(=O)NC3=O)C4)CC2)CC1. The number of nitrogens with one attached hydrogen (secondary N) is 2. The van der Waals surface area contributed by atoms with Crippen molar-refractivity contribution >= 4 is 35.4 Å². The summed E-state index contributed by atoms with van der Waals surface area (Å²) in [6.45, 7) is 8.06. The highest BCUT2D eigenvalue weighted by atomic mass is 16.5. The van der Waals surface area contributed by atoms with Crippen molar-refractivity contribution in [1.29, 1.82) is 0 Å². The highest BCUT2D eigenvalue weighted by Gasteiger charge is 2.39. The second kappa shape index (κ2) is 20.9. The molecule has 2 N–H and O–H groups in total. The van der Waals surface area contributed by atoms with Crippen molar-refractivity contribution < 1.29 is 38.2 Å². The van der Waals surface area contributed by atoms with Gasteiger partial charge in [0.05, 0.1) is 26.3 Å². The van der Waals surface area contributed by atoms with Crippen LogP contribution in [-0.4, -0.2) is 133 Å². The summed E-state index contributed by atoms with van der Waals surface area (Å²) in [6, 6.07) is 18.4. The number of aromatic nitrogens is 1. The molecule has 17 nitrogen and oxygen atoms in total. The third-order valence-electron chi connectivity index (χ3n) is 14.6. The summed E-state index contributed by atoms with van der Waals surface area (Å²) in [5, 5.41) is 5.03. The minimum atomic E-state index is -0.610. The lowest BCUT2D eigenvalue weighted by Crippen LogP contribution is -2.52. The quantitative estimate of drug-likeness (QED) is 0.137. The molecule has 0 spiro atoms. The molecule has 364 valence electrons. The average Bonchev–Trinajstić information content (AvgIpc) is 3.70. The first-order chi connectivity index (χ1) is 33.5. The highest BCUT2D eigenvalue weighted by Crippen LogP contribution is 2.39. The Kier molecular flexibility index (Phi) is 14.3. The normalized spacial score (nSPS) is 19.0. The lowest BCUT2D eigenvalue weighted by Gasteiger charge is -2.37. The Morgan fingerprint density at radius 3 is 2.22 bits per heavy atom. The monoisotopic (exact) mass is 942 g/mol. The van der Waals surface area contributed by atoms with E-state index in [0.717, 1.165) is 104 Å². The van der Waals surface area contributed by atoms with Crippen LogP contribution in [0, 0.1) is 5.92 Å². The number of rotatable bonds is 14. The second-order valence-electron chi connectivity index (χ2n) is 18.8. The Morgan fingerprint density at radius 1 is 0.783 bits per heavy atom. The minimum absolute atomic E-state index is 0.106. The summed E-state index contributed by atoms with van der Waals surface area (Å²) in [5.41, 5.74) is 7.41. The largest absolute Gasteiger partial charge is 0.496 e. The van der Waals surface area contributed by atoms with E-state index in [4.69, 9.17) is 14.2 Å². The molecular weight excluding hydrogens is 881 g/mol. The van der Waals surface area contributed by atoms with Crippen molar-refractivity contribution in [3.63, 3.8) is 0 Å². The molecule has 6 heterocycles. The Labute approximate surface area is 402 Å². The van der Waals surface area contributed by atoms with Crippen molar-refractivity contribution in [1.82, 2.24) is 34.8 Å². The number of piperazine rings is 1. The maximum absolute atomic E-state index is 13.5. The Balaban J connectivity index is 0.754. The summed E-state index contributed by atoms with van der Waals surface area (Å²) in [7, 11) is 5.05. The van der Waals surface area contributed by atoms with Crippen LogP contribution in [0.3, 0.4) is 0 Å². The lowest BCUT2D eigenvalue weighted by atomic mass is 9.91. The van der Waals surface area contributed by atoms with Gasteiger partial charge >= 0.3 is 12.0 Å². The lowest BCUT2D eigenvalue weighted by molar-refractivity contribution is -0.143. The molecule has 9 rings (SSSR count). The topological polar surface area (TPSA) is 175 Å².